The molecule has 186 valence electrons. The Morgan fingerprint density at radius 3 is 2.06 bits per heavy atom. The Labute approximate surface area is 201 Å². The summed E-state index contributed by atoms with van der Waals surface area (Å²) in [6.07, 6.45) is 10.6. The van der Waals surface area contributed by atoms with Crippen LogP contribution in [0.2, 0.25) is 0 Å². The zero-order valence-corrected chi connectivity index (χ0v) is 20.0. The van der Waals surface area contributed by atoms with E-state index in [1.807, 2.05) is 6.07 Å². The minimum Gasteiger partial charge on any atom is -0.370 e. The molecule has 0 radical (unpaired) electrons. The Morgan fingerprint density at radius 2 is 1.41 bits per heavy atom. The third-order valence-corrected chi connectivity index (χ3v) is 7.28. The molecule has 9 nitrogen and oxygen atoms in total. The molecule has 9 heteroatoms. The van der Waals surface area contributed by atoms with Crippen molar-refractivity contribution in [1.82, 2.24) is 15.5 Å². The first-order chi connectivity index (χ1) is 16.5. The monoisotopic (exact) mass is 470 g/mol. The minimum absolute atomic E-state index is 0.0646. The van der Waals surface area contributed by atoms with Crippen LogP contribution in [0.5, 0.6) is 0 Å². The van der Waals surface area contributed by atoms with Crippen LogP contribution in [-0.2, 0) is 0 Å². The lowest BCUT2D eigenvalue weighted by Crippen LogP contribution is -2.51. The Balaban J connectivity index is 1.31. The molecule has 5 N–H and O–H groups in total. The quantitative estimate of drug-likeness (QED) is 0.527. The smallest absolute Gasteiger partial charge is 0.321 e. The molecule has 5 amide bonds. The van der Waals surface area contributed by atoms with Crippen molar-refractivity contribution in [2.45, 2.75) is 76.3 Å². The number of carbonyl (C=O) groups excluding carboxylic acids is 3. The first kappa shape index (κ1) is 24.2. The van der Waals surface area contributed by atoms with Gasteiger partial charge in [-0.2, -0.15) is 0 Å². The summed E-state index contributed by atoms with van der Waals surface area (Å²) in [5.41, 5.74) is 7.41. The molecule has 1 saturated carbocycles. The molecule has 3 aliphatic rings. The van der Waals surface area contributed by atoms with Gasteiger partial charge in [-0.25, -0.2) is 9.59 Å². The number of hydrogen-bond acceptors (Lipinski definition) is 4. The zero-order valence-electron chi connectivity index (χ0n) is 20.0. The Kier molecular flexibility index (Phi) is 8.13. The zero-order chi connectivity index (χ0) is 23.9. The summed E-state index contributed by atoms with van der Waals surface area (Å²) >= 11 is 0. The second-order valence-electron chi connectivity index (χ2n) is 9.79. The van der Waals surface area contributed by atoms with Gasteiger partial charge in [-0.3, -0.25) is 4.79 Å². The number of nitrogens with one attached hydrogen (secondary N) is 3. The summed E-state index contributed by atoms with van der Waals surface area (Å²) in [5.74, 6) is -0.515. The van der Waals surface area contributed by atoms with E-state index in [1.54, 1.807) is 17.0 Å². The summed E-state index contributed by atoms with van der Waals surface area (Å²) in [6, 6.07) is 5.34. The number of nitrogens with zero attached hydrogens (tertiary/aromatic N) is 2. The van der Waals surface area contributed by atoms with E-state index in [2.05, 4.69) is 20.9 Å². The van der Waals surface area contributed by atoms with E-state index in [1.165, 1.54) is 25.7 Å². The summed E-state index contributed by atoms with van der Waals surface area (Å²) in [4.78, 5) is 41.2. The number of nitrogens with two attached hydrogens (primary N) is 1. The number of hydrogen-bond donors (Lipinski definition) is 4. The number of urea groups is 2. The molecule has 0 spiro atoms. The van der Waals surface area contributed by atoms with Gasteiger partial charge in [0, 0.05) is 43.8 Å². The second kappa shape index (κ2) is 11.4. The van der Waals surface area contributed by atoms with Crippen LogP contribution in [-0.4, -0.2) is 61.1 Å². The topological polar surface area (TPSA) is 120 Å². The number of benzene rings is 1. The number of anilines is 2. The molecule has 2 aliphatic heterocycles. The fourth-order valence-corrected chi connectivity index (χ4v) is 5.28. The molecule has 2 saturated heterocycles. The fraction of sp³-hybridized carbons (Fsp3) is 0.640. The van der Waals surface area contributed by atoms with E-state index < -0.39 is 5.91 Å². The second-order valence-corrected chi connectivity index (χ2v) is 9.79. The molecule has 1 aromatic carbocycles. The molecule has 2 heterocycles. The standard InChI is InChI=1S/C25H38N6O3/c26-23(32)18-9-10-22(30-13-5-2-6-14-30)21(17-18)29-25(34)31-15-11-20(12-16-31)28-24(33)27-19-7-3-1-4-8-19/h9-10,17,19-20H,1-8,11-16H2,(H2,26,32)(H,29,34)(H2,27,28,33). The van der Waals surface area contributed by atoms with Gasteiger partial charge in [0.15, 0.2) is 0 Å². The average Bonchev–Trinajstić information content (AvgIpc) is 2.85. The highest BCUT2D eigenvalue weighted by molar-refractivity contribution is 5.99. The predicted molar refractivity (Wildman–Crippen MR) is 133 cm³/mol. The van der Waals surface area contributed by atoms with E-state index in [0.717, 1.165) is 44.5 Å². The van der Waals surface area contributed by atoms with Crippen molar-refractivity contribution in [2.24, 2.45) is 5.73 Å². The molecular weight excluding hydrogens is 432 g/mol. The van der Waals surface area contributed by atoms with Crippen LogP contribution in [0.25, 0.3) is 0 Å². The largest absolute Gasteiger partial charge is 0.370 e. The van der Waals surface area contributed by atoms with Gasteiger partial charge in [0.1, 0.15) is 0 Å². The molecule has 0 atom stereocenters. The van der Waals surface area contributed by atoms with Crippen molar-refractivity contribution in [3.8, 4) is 0 Å². The summed E-state index contributed by atoms with van der Waals surface area (Å²) in [6.45, 7) is 2.99. The fourth-order valence-electron chi connectivity index (χ4n) is 5.28. The van der Waals surface area contributed by atoms with E-state index >= 15 is 0 Å². The highest BCUT2D eigenvalue weighted by Crippen LogP contribution is 2.30. The van der Waals surface area contributed by atoms with E-state index in [9.17, 15) is 14.4 Å². The van der Waals surface area contributed by atoms with Crippen LogP contribution in [0, 0.1) is 0 Å². The van der Waals surface area contributed by atoms with Crippen LogP contribution in [0.15, 0.2) is 18.2 Å². The number of amides is 5. The molecule has 1 aromatic rings. The maximum atomic E-state index is 13.1. The van der Waals surface area contributed by atoms with Crippen LogP contribution >= 0.6 is 0 Å². The van der Waals surface area contributed by atoms with Gasteiger partial charge in [-0.15, -0.1) is 0 Å². The average molecular weight is 471 g/mol. The predicted octanol–water partition coefficient (Wildman–Crippen LogP) is 3.40. The van der Waals surface area contributed by atoms with Crippen LogP contribution < -0.4 is 26.6 Å². The molecule has 34 heavy (non-hydrogen) atoms. The lowest BCUT2D eigenvalue weighted by atomic mass is 9.96. The first-order valence-corrected chi connectivity index (χ1v) is 12.8. The lowest BCUT2D eigenvalue weighted by molar-refractivity contribution is 0.1000. The maximum Gasteiger partial charge on any atom is 0.321 e. The van der Waals surface area contributed by atoms with Crippen molar-refractivity contribution in [3.63, 3.8) is 0 Å². The van der Waals surface area contributed by atoms with Crippen molar-refractivity contribution >= 4 is 29.3 Å². The maximum absolute atomic E-state index is 13.1. The normalized spacial score (nSPS) is 20.0. The van der Waals surface area contributed by atoms with Gasteiger partial charge in [0.2, 0.25) is 5.91 Å². The van der Waals surface area contributed by atoms with Crippen molar-refractivity contribution in [1.29, 1.82) is 0 Å². The molecule has 1 aliphatic carbocycles. The van der Waals surface area contributed by atoms with Gasteiger partial charge >= 0.3 is 12.1 Å². The van der Waals surface area contributed by atoms with Crippen LogP contribution in [0.1, 0.15) is 74.6 Å². The molecule has 0 aromatic heterocycles. The third kappa shape index (κ3) is 6.33. The number of rotatable bonds is 5. The van der Waals surface area contributed by atoms with E-state index in [-0.39, 0.29) is 24.1 Å². The Bertz CT molecular complexity index is 871. The Morgan fingerprint density at radius 1 is 0.794 bits per heavy atom. The van der Waals surface area contributed by atoms with Crippen LogP contribution in [0.3, 0.4) is 0 Å². The highest BCUT2D eigenvalue weighted by atomic mass is 16.2. The summed E-state index contributed by atoms with van der Waals surface area (Å²) in [7, 11) is 0. The SMILES string of the molecule is NC(=O)c1ccc(N2CCCCC2)c(NC(=O)N2CCC(NC(=O)NC3CCCCC3)CC2)c1. The molecular formula is C25H38N6O3. The van der Waals surface area contributed by atoms with Crippen molar-refractivity contribution < 1.29 is 14.4 Å². The lowest BCUT2D eigenvalue weighted by Gasteiger charge is -2.34. The number of primary amides is 1. The number of carbonyl (C=O) groups is 3. The summed E-state index contributed by atoms with van der Waals surface area (Å²) < 4.78 is 0. The third-order valence-electron chi connectivity index (χ3n) is 7.28. The van der Waals surface area contributed by atoms with Gasteiger partial charge < -0.3 is 31.5 Å². The van der Waals surface area contributed by atoms with Gasteiger partial charge in [0.25, 0.3) is 0 Å². The van der Waals surface area contributed by atoms with E-state index in [4.69, 9.17) is 5.73 Å². The van der Waals surface area contributed by atoms with Crippen molar-refractivity contribution in [3.05, 3.63) is 23.8 Å². The number of likely N-dealkylation sites (tertiary alicyclic amines) is 1. The van der Waals surface area contributed by atoms with Crippen LogP contribution in [0.4, 0.5) is 21.0 Å². The molecule has 3 fully saturated rings. The highest BCUT2D eigenvalue weighted by Gasteiger charge is 2.26. The molecule has 4 rings (SSSR count). The van der Waals surface area contributed by atoms with E-state index in [0.29, 0.717) is 37.2 Å². The summed E-state index contributed by atoms with van der Waals surface area (Å²) in [5, 5.41) is 9.20. The van der Waals surface area contributed by atoms with Gasteiger partial charge in [-0.1, -0.05) is 19.3 Å². The van der Waals surface area contributed by atoms with Gasteiger partial charge in [-0.05, 0) is 63.1 Å². The van der Waals surface area contributed by atoms with Gasteiger partial charge in [0.05, 0.1) is 11.4 Å². The Hall–Kier alpha value is -2.97. The number of piperidine rings is 2. The minimum atomic E-state index is -0.515. The first-order valence-electron chi connectivity index (χ1n) is 12.8. The van der Waals surface area contributed by atoms with Crippen molar-refractivity contribution in [2.75, 3.05) is 36.4 Å². The molecule has 0 unspecified atom stereocenters. The molecule has 0 bridgehead atoms.